The lowest BCUT2D eigenvalue weighted by Gasteiger charge is -2.06. The molecule has 0 radical (unpaired) electrons. The highest BCUT2D eigenvalue weighted by molar-refractivity contribution is 7.17. The molecule has 0 spiro atoms. The molecule has 0 saturated heterocycles. The highest BCUT2D eigenvalue weighted by Crippen LogP contribution is 2.33. The van der Waals surface area contributed by atoms with Crippen LogP contribution in [0.5, 0.6) is 5.75 Å². The molecular weight excluding hydrogens is 284 g/mol. The largest absolute Gasteiger partial charge is 0.496 e. The molecule has 0 bridgehead atoms. The summed E-state index contributed by atoms with van der Waals surface area (Å²) in [6.07, 6.45) is 0.722. The third-order valence-corrected chi connectivity index (χ3v) is 4.41. The summed E-state index contributed by atoms with van der Waals surface area (Å²) in [5.41, 5.74) is 2.92. The Balaban J connectivity index is 2.22. The van der Waals surface area contributed by atoms with Crippen LogP contribution in [0.2, 0.25) is 0 Å². The summed E-state index contributed by atoms with van der Waals surface area (Å²) in [5, 5.41) is 2.66. The van der Waals surface area contributed by atoms with Gasteiger partial charge in [-0.05, 0) is 30.2 Å². The van der Waals surface area contributed by atoms with Crippen molar-refractivity contribution in [1.29, 1.82) is 0 Å². The maximum Gasteiger partial charge on any atom is 0.260 e. The molecule has 2 aromatic heterocycles. The fourth-order valence-electron chi connectivity index (χ4n) is 2.42. The Kier molecular flexibility index (Phi) is 3.51. The number of fused-ring (bicyclic) bond motifs is 1. The van der Waals surface area contributed by atoms with Gasteiger partial charge in [0.05, 0.1) is 12.5 Å². The number of ether oxygens (including phenoxy) is 1. The summed E-state index contributed by atoms with van der Waals surface area (Å²) in [6.45, 7) is 3.97. The van der Waals surface area contributed by atoms with Crippen LogP contribution in [0.1, 0.15) is 18.3 Å². The van der Waals surface area contributed by atoms with E-state index in [0.717, 1.165) is 39.5 Å². The molecule has 0 aliphatic rings. The van der Waals surface area contributed by atoms with Gasteiger partial charge in [0.1, 0.15) is 16.4 Å². The summed E-state index contributed by atoms with van der Waals surface area (Å²) in [4.78, 5) is 20.4. The van der Waals surface area contributed by atoms with E-state index in [-0.39, 0.29) is 5.56 Å². The Morgan fingerprint density at radius 3 is 2.86 bits per heavy atom. The van der Waals surface area contributed by atoms with Crippen molar-refractivity contribution in [3.05, 3.63) is 45.3 Å². The van der Waals surface area contributed by atoms with Gasteiger partial charge in [-0.2, -0.15) is 0 Å². The lowest BCUT2D eigenvalue weighted by molar-refractivity contribution is 0.412. The van der Waals surface area contributed by atoms with E-state index in [9.17, 15) is 4.79 Å². The van der Waals surface area contributed by atoms with Gasteiger partial charge in [0, 0.05) is 17.4 Å². The Bertz CT molecular complexity index is 864. The van der Waals surface area contributed by atoms with Gasteiger partial charge in [0.2, 0.25) is 0 Å². The number of rotatable bonds is 3. The molecule has 3 aromatic rings. The molecule has 0 aliphatic heterocycles. The molecule has 1 N–H and O–H groups in total. The van der Waals surface area contributed by atoms with E-state index in [1.807, 2.05) is 37.4 Å². The summed E-state index contributed by atoms with van der Waals surface area (Å²) in [7, 11) is 1.66. The minimum absolute atomic E-state index is 0.0680. The molecule has 21 heavy (non-hydrogen) atoms. The van der Waals surface area contributed by atoms with E-state index >= 15 is 0 Å². The molecule has 108 valence electrons. The fourth-order valence-corrected chi connectivity index (χ4v) is 3.39. The van der Waals surface area contributed by atoms with Gasteiger partial charge in [0.25, 0.3) is 5.56 Å². The molecule has 0 unspecified atom stereocenters. The van der Waals surface area contributed by atoms with Crippen LogP contribution in [-0.4, -0.2) is 17.1 Å². The number of aromatic amines is 1. The molecule has 5 heteroatoms. The zero-order valence-electron chi connectivity index (χ0n) is 12.2. The lowest BCUT2D eigenvalue weighted by atomic mass is 10.0. The number of nitrogens with one attached hydrogen (secondary N) is 1. The number of H-pyrrole nitrogens is 1. The Labute approximate surface area is 126 Å². The minimum Gasteiger partial charge on any atom is -0.496 e. The molecule has 1 aromatic carbocycles. The third kappa shape index (κ3) is 2.34. The maximum absolute atomic E-state index is 12.3. The van der Waals surface area contributed by atoms with Gasteiger partial charge >= 0.3 is 0 Å². The van der Waals surface area contributed by atoms with Crippen LogP contribution >= 0.6 is 11.3 Å². The van der Waals surface area contributed by atoms with Crippen LogP contribution in [0.15, 0.2) is 28.4 Å². The molecule has 2 heterocycles. The van der Waals surface area contributed by atoms with Crippen LogP contribution in [0.3, 0.4) is 0 Å². The third-order valence-electron chi connectivity index (χ3n) is 3.53. The summed E-state index contributed by atoms with van der Waals surface area (Å²) in [6, 6.07) is 5.93. The van der Waals surface area contributed by atoms with Gasteiger partial charge in [-0.3, -0.25) is 4.79 Å². The van der Waals surface area contributed by atoms with Crippen LogP contribution in [0.4, 0.5) is 0 Å². The molecule has 3 rings (SSSR count). The summed E-state index contributed by atoms with van der Waals surface area (Å²) < 4.78 is 5.28. The van der Waals surface area contributed by atoms with E-state index in [1.165, 1.54) is 11.3 Å². The second kappa shape index (κ2) is 5.33. The summed E-state index contributed by atoms with van der Waals surface area (Å²) >= 11 is 1.51. The standard InChI is InChI=1S/C16H16N2O2S/c1-4-13-17-15(19)14-11(8-21-16(14)18-13)10-5-6-12(20-3)9(2)7-10/h5-8H,4H2,1-3H3,(H,17,18,19). The van der Waals surface area contributed by atoms with Crippen molar-refractivity contribution in [2.45, 2.75) is 20.3 Å². The SMILES string of the molecule is CCc1nc2scc(-c3ccc(OC)c(C)c3)c2c(=O)[nH]1. The van der Waals surface area contributed by atoms with Gasteiger partial charge in [-0.25, -0.2) is 4.98 Å². The molecule has 0 aliphatic carbocycles. The predicted octanol–water partition coefficient (Wildman–Crippen LogP) is 3.53. The van der Waals surface area contributed by atoms with Crippen molar-refractivity contribution in [1.82, 2.24) is 9.97 Å². The Morgan fingerprint density at radius 1 is 1.38 bits per heavy atom. The molecular formula is C16H16N2O2S. The molecule has 0 amide bonds. The minimum atomic E-state index is -0.0680. The molecule has 0 atom stereocenters. The number of aryl methyl sites for hydroxylation is 2. The van der Waals surface area contributed by atoms with Crippen molar-refractivity contribution in [3.8, 4) is 16.9 Å². The average Bonchev–Trinajstić information content (AvgIpc) is 2.91. The highest BCUT2D eigenvalue weighted by atomic mass is 32.1. The molecule has 0 fully saturated rings. The quantitative estimate of drug-likeness (QED) is 0.805. The average molecular weight is 300 g/mol. The Morgan fingerprint density at radius 2 is 2.19 bits per heavy atom. The first kappa shape index (κ1) is 13.8. The number of nitrogens with zero attached hydrogens (tertiary/aromatic N) is 1. The Hall–Kier alpha value is -2.14. The number of thiophene rings is 1. The molecule has 4 nitrogen and oxygen atoms in total. The first-order valence-corrected chi connectivity index (χ1v) is 7.67. The van der Waals surface area contributed by atoms with Gasteiger partial charge < -0.3 is 9.72 Å². The lowest BCUT2D eigenvalue weighted by Crippen LogP contribution is -2.10. The smallest absolute Gasteiger partial charge is 0.260 e. The van der Waals surface area contributed by atoms with Crippen molar-refractivity contribution in [3.63, 3.8) is 0 Å². The van der Waals surface area contributed by atoms with Gasteiger partial charge in [0.15, 0.2) is 0 Å². The predicted molar refractivity (Wildman–Crippen MR) is 86.3 cm³/mol. The topological polar surface area (TPSA) is 55.0 Å². The monoisotopic (exact) mass is 300 g/mol. The zero-order valence-corrected chi connectivity index (χ0v) is 13.0. The van der Waals surface area contributed by atoms with Crippen LogP contribution in [-0.2, 0) is 6.42 Å². The fraction of sp³-hybridized carbons (Fsp3) is 0.250. The van der Waals surface area contributed by atoms with E-state index in [1.54, 1.807) is 7.11 Å². The van der Waals surface area contributed by atoms with Crippen LogP contribution < -0.4 is 10.3 Å². The first-order valence-electron chi connectivity index (χ1n) is 6.79. The van der Waals surface area contributed by atoms with Crippen molar-refractivity contribution in [2.75, 3.05) is 7.11 Å². The van der Waals surface area contributed by atoms with Crippen molar-refractivity contribution >= 4 is 21.6 Å². The van der Waals surface area contributed by atoms with Crippen molar-refractivity contribution in [2.24, 2.45) is 0 Å². The number of benzene rings is 1. The van der Waals surface area contributed by atoms with Gasteiger partial charge in [-0.1, -0.05) is 13.0 Å². The summed E-state index contributed by atoms with van der Waals surface area (Å²) in [5.74, 6) is 1.57. The zero-order chi connectivity index (χ0) is 15.0. The highest BCUT2D eigenvalue weighted by Gasteiger charge is 2.13. The second-order valence-electron chi connectivity index (χ2n) is 4.88. The van der Waals surface area contributed by atoms with Crippen LogP contribution in [0.25, 0.3) is 21.3 Å². The van der Waals surface area contributed by atoms with E-state index in [4.69, 9.17) is 4.74 Å². The second-order valence-corrected chi connectivity index (χ2v) is 5.74. The van der Waals surface area contributed by atoms with E-state index < -0.39 is 0 Å². The number of hydrogen-bond acceptors (Lipinski definition) is 4. The number of aromatic nitrogens is 2. The van der Waals surface area contributed by atoms with E-state index in [2.05, 4.69) is 9.97 Å². The first-order chi connectivity index (χ1) is 10.1. The van der Waals surface area contributed by atoms with E-state index in [0.29, 0.717) is 5.39 Å². The normalized spacial score (nSPS) is 11.0. The molecule has 0 saturated carbocycles. The number of hydrogen-bond donors (Lipinski definition) is 1. The van der Waals surface area contributed by atoms with Crippen LogP contribution in [0, 0.1) is 6.92 Å². The van der Waals surface area contributed by atoms with Crippen molar-refractivity contribution < 1.29 is 4.74 Å². The maximum atomic E-state index is 12.3. The van der Waals surface area contributed by atoms with Gasteiger partial charge in [-0.15, -0.1) is 11.3 Å². The number of methoxy groups -OCH3 is 1.